The predicted molar refractivity (Wildman–Crippen MR) is 114 cm³/mol. The Morgan fingerprint density at radius 1 is 1.27 bits per heavy atom. The van der Waals surface area contributed by atoms with Gasteiger partial charge < -0.3 is 15.4 Å². The highest BCUT2D eigenvalue weighted by atomic mass is 127. The van der Waals surface area contributed by atoms with Crippen molar-refractivity contribution in [2.75, 3.05) is 20.2 Å². The Kier molecular flexibility index (Phi) is 11.2. The number of hydrogen-bond donors (Lipinski definition) is 2. The monoisotopic (exact) mass is 476 g/mol. The Balaban J connectivity index is 0.00000338. The maximum Gasteiger partial charge on any atom is 0.269 e. The topological polar surface area (TPSA) is 88.8 Å². The second-order valence-electron chi connectivity index (χ2n) is 6.26. The standard InChI is InChI=1S/C18H28N4O3.HI/c1-19-18(20-11-12-25-17-9-4-2-3-5-10-17)21-14-15-7-6-8-16(13-15)22(23)24;/h6-8,13,17H,2-5,9-12,14H2,1H3,(H2,19,20,21);1H. The van der Waals surface area contributed by atoms with Gasteiger partial charge >= 0.3 is 0 Å². The van der Waals surface area contributed by atoms with Crippen molar-refractivity contribution < 1.29 is 9.66 Å². The molecule has 1 aromatic rings. The Labute approximate surface area is 172 Å². The SMILES string of the molecule is CN=C(NCCOC1CCCCCC1)NCc1cccc([N+](=O)[O-])c1.I. The molecule has 1 aliphatic rings. The molecule has 0 atom stereocenters. The fraction of sp³-hybridized carbons (Fsp3) is 0.611. The first kappa shape index (κ1) is 22.6. The van der Waals surface area contributed by atoms with Crippen LogP contribution in [0.1, 0.15) is 44.1 Å². The van der Waals surface area contributed by atoms with E-state index in [0.717, 1.165) is 5.56 Å². The van der Waals surface area contributed by atoms with Gasteiger partial charge in [-0.1, -0.05) is 37.8 Å². The minimum atomic E-state index is -0.387. The van der Waals surface area contributed by atoms with Gasteiger partial charge in [-0.05, 0) is 18.4 Å². The van der Waals surface area contributed by atoms with Crippen LogP contribution in [0.2, 0.25) is 0 Å². The lowest BCUT2D eigenvalue weighted by atomic mass is 10.1. The van der Waals surface area contributed by atoms with E-state index in [-0.39, 0.29) is 34.6 Å². The number of hydrogen-bond acceptors (Lipinski definition) is 4. The zero-order valence-electron chi connectivity index (χ0n) is 15.3. The number of non-ortho nitro benzene ring substituents is 1. The summed E-state index contributed by atoms with van der Waals surface area (Å²) in [7, 11) is 1.70. The number of benzene rings is 1. The summed E-state index contributed by atoms with van der Waals surface area (Å²) in [4.78, 5) is 14.6. The zero-order chi connectivity index (χ0) is 17.9. The van der Waals surface area contributed by atoms with E-state index < -0.39 is 0 Å². The van der Waals surface area contributed by atoms with Crippen LogP contribution in [0.5, 0.6) is 0 Å². The van der Waals surface area contributed by atoms with Crippen molar-refractivity contribution in [3.05, 3.63) is 39.9 Å². The third kappa shape index (κ3) is 8.31. The van der Waals surface area contributed by atoms with Gasteiger partial charge in [0.25, 0.3) is 5.69 Å². The second kappa shape index (κ2) is 12.9. The molecule has 8 heteroatoms. The average molecular weight is 476 g/mol. The molecule has 0 heterocycles. The van der Waals surface area contributed by atoms with Crippen LogP contribution in [0.3, 0.4) is 0 Å². The van der Waals surface area contributed by atoms with E-state index in [1.807, 2.05) is 6.07 Å². The molecule has 26 heavy (non-hydrogen) atoms. The first-order chi connectivity index (χ1) is 12.2. The first-order valence-electron chi connectivity index (χ1n) is 8.98. The molecule has 1 aromatic carbocycles. The molecule has 0 bridgehead atoms. The van der Waals surface area contributed by atoms with Crippen molar-refractivity contribution in [1.29, 1.82) is 0 Å². The summed E-state index contributed by atoms with van der Waals surface area (Å²) in [6, 6.07) is 6.59. The maximum absolute atomic E-state index is 10.8. The number of nitrogens with zero attached hydrogens (tertiary/aromatic N) is 2. The maximum atomic E-state index is 10.8. The van der Waals surface area contributed by atoms with Gasteiger partial charge in [-0.25, -0.2) is 0 Å². The molecule has 146 valence electrons. The quantitative estimate of drug-likeness (QED) is 0.119. The smallest absolute Gasteiger partial charge is 0.269 e. The van der Waals surface area contributed by atoms with Gasteiger partial charge in [-0.2, -0.15) is 0 Å². The number of nitro groups is 1. The number of aliphatic imine (C=N–C) groups is 1. The second-order valence-corrected chi connectivity index (χ2v) is 6.26. The summed E-state index contributed by atoms with van der Waals surface area (Å²) >= 11 is 0. The fourth-order valence-corrected chi connectivity index (χ4v) is 2.99. The highest BCUT2D eigenvalue weighted by Crippen LogP contribution is 2.19. The lowest BCUT2D eigenvalue weighted by Gasteiger charge is -2.16. The summed E-state index contributed by atoms with van der Waals surface area (Å²) in [5.74, 6) is 0.663. The van der Waals surface area contributed by atoms with E-state index in [2.05, 4.69) is 15.6 Å². The number of halogens is 1. The van der Waals surface area contributed by atoms with E-state index >= 15 is 0 Å². The average Bonchev–Trinajstić information content (AvgIpc) is 2.90. The van der Waals surface area contributed by atoms with Crippen molar-refractivity contribution in [3.8, 4) is 0 Å². The normalized spacial score (nSPS) is 15.7. The zero-order valence-corrected chi connectivity index (χ0v) is 17.6. The highest BCUT2D eigenvalue weighted by molar-refractivity contribution is 14.0. The lowest BCUT2D eigenvalue weighted by Crippen LogP contribution is -2.38. The first-order valence-corrected chi connectivity index (χ1v) is 8.98. The number of nitrogens with one attached hydrogen (secondary N) is 2. The van der Waals surface area contributed by atoms with Gasteiger partial charge in [0.15, 0.2) is 5.96 Å². The van der Waals surface area contributed by atoms with Crippen molar-refractivity contribution in [1.82, 2.24) is 10.6 Å². The van der Waals surface area contributed by atoms with Gasteiger partial charge in [-0.3, -0.25) is 15.1 Å². The van der Waals surface area contributed by atoms with Gasteiger partial charge in [-0.15, -0.1) is 24.0 Å². The van der Waals surface area contributed by atoms with Crippen molar-refractivity contribution in [2.45, 2.75) is 51.2 Å². The van der Waals surface area contributed by atoms with Crippen LogP contribution in [0.15, 0.2) is 29.3 Å². The van der Waals surface area contributed by atoms with E-state index in [4.69, 9.17) is 4.74 Å². The molecule has 1 aliphatic carbocycles. The molecule has 2 N–H and O–H groups in total. The van der Waals surface area contributed by atoms with Crippen LogP contribution >= 0.6 is 24.0 Å². The molecule has 2 rings (SSSR count). The Morgan fingerprint density at radius 3 is 2.65 bits per heavy atom. The number of rotatable bonds is 7. The van der Waals surface area contributed by atoms with Gasteiger partial charge in [0.05, 0.1) is 17.6 Å². The van der Waals surface area contributed by atoms with Gasteiger partial charge in [0, 0.05) is 32.3 Å². The predicted octanol–water partition coefficient (Wildman–Crippen LogP) is 3.62. The van der Waals surface area contributed by atoms with Crippen LogP contribution in [0, 0.1) is 10.1 Å². The summed E-state index contributed by atoms with van der Waals surface area (Å²) in [5, 5.41) is 17.2. The van der Waals surface area contributed by atoms with Crippen molar-refractivity contribution in [3.63, 3.8) is 0 Å². The molecule has 1 saturated carbocycles. The minimum absolute atomic E-state index is 0. The van der Waals surface area contributed by atoms with Crippen LogP contribution in [-0.4, -0.2) is 37.2 Å². The number of nitro benzene ring substituents is 1. The van der Waals surface area contributed by atoms with E-state index in [1.165, 1.54) is 44.6 Å². The number of ether oxygens (including phenoxy) is 1. The molecule has 0 radical (unpaired) electrons. The van der Waals surface area contributed by atoms with Crippen LogP contribution < -0.4 is 10.6 Å². The van der Waals surface area contributed by atoms with E-state index in [1.54, 1.807) is 19.2 Å². The Hall–Kier alpha value is -1.42. The minimum Gasteiger partial charge on any atom is -0.376 e. The molecule has 0 saturated heterocycles. The lowest BCUT2D eigenvalue weighted by molar-refractivity contribution is -0.384. The summed E-state index contributed by atoms with van der Waals surface area (Å²) < 4.78 is 5.94. The summed E-state index contributed by atoms with van der Waals surface area (Å²) in [6.07, 6.45) is 7.91. The molecular weight excluding hydrogens is 447 g/mol. The van der Waals surface area contributed by atoms with Crippen LogP contribution in [-0.2, 0) is 11.3 Å². The largest absolute Gasteiger partial charge is 0.376 e. The molecule has 0 spiro atoms. The third-order valence-corrected chi connectivity index (χ3v) is 4.36. The fourth-order valence-electron chi connectivity index (χ4n) is 2.99. The molecule has 0 aliphatic heterocycles. The molecule has 0 amide bonds. The third-order valence-electron chi connectivity index (χ3n) is 4.36. The van der Waals surface area contributed by atoms with Crippen molar-refractivity contribution >= 4 is 35.6 Å². The molecule has 1 fully saturated rings. The molecule has 0 unspecified atom stereocenters. The highest BCUT2D eigenvalue weighted by Gasteiger charge is 2.12. The molecule has 7 nitrogen and oxygen atoms in total. The van der Waals surface area contributed by atoms with Crippen LogP contribution in [0.4, 0.5) is 5.69 Å². The molecule has 0 aromatic heterocycles. The van der Waals surface area contributed by atoms with E-state index in [9.17, 15) is 10.1 Å². The van der Waals surface area contributed by atoms with Crippen LogP contribution in [0.25, 0.3) is 0 Å². The summed E-state index contributed by atoms with van der Waals surface area (Å²) in [6.45, 7) is 1.82. The van der Waals surface area contributed by atoms with Crippen molar-refractivity contribution in [2.24, 2.45) is 4.99 Å². The Bertz CT molecular complexity index is 575. The van der Waals surface area contributed by atoms with E-state index in [0.29, 0.717) is 31.8 Å². The molecular formula is C18H29IN4O3. The van der Waals surface area contributed by atoms with Gasteiger partial charge in [0.1, 0.15) is 0 Å². The number of guanidine groups is 1. The Morgan fingerprint density at radius 2 is 2.00 bits per heavy atom. The summed E-state index contributed by atoms with van der Waals surface area (Å²) in [5.41, 5.74) is 0.936. The van der Waals surface area contributed by atoms with Gasteiger partial charge in [0.2, 0.25) is 0 Å².